The molecule has 0 bridgehead atoms. The van der Waals surface area contributed by atoms with Crippen LogP contribution in [-0.4, -0.2) is 17.6 Å². The first kappa shape index (κ1) is 7.48. The Hall–Kier alpha value is -1.63. The molecule has 0 spiro atoms. The van der Waals surface area contributed by atoms with Crippen LogP contribution in [0.1, 0.15) is 6.92 Å². The summed E-state index contributed by atoms with van der Waals surface area (Å²) >= 11 is 0. The number of hydrogen-bond acceptors (Lipinski definition) is 3. The van der Waals surface area contributed by atoms with Gasteiger partial charge in [0.2, 0.25) is 6.67 Å². The van der Waals surface area contributed by atoms with Crippen LogP contribution in [0.25, 0.3) is 0 Å². The monoisotopic (exact) mass is 151 g/mol. The van der Waals surface area contributed by atoms with E-state index in [-0.39, 0.29) is 6.67 Å². The van der Waals surface area contributed by atoms with E-state index in [4.69, 9.17) is 5.73 Å². The van der Waals surface area contributed by atoms with E-state index >= 15 is 0 Å². The van der Waals surface area contributed by atoms with Gasteiger partial charge in [-0.25, -0.2) is 0 Å². The van der Waals surface area contributed by atoms with Gasteiger partial charge >= 0.3 is 0 Å². The summed E-state index contributed by atoms with van der Waals surface area (Å²) in [5.41, 5.74) is 6.05. The Morgan fingerprint density at radius 1 is 1.82 bits per heavy atom. The Morgan fingerprint density at radius 3 is 3.18 bits per heavy atom. The summed E-state index contributed by atoms with van der Waals surface area (Å²) in [5.74, 6) is 5.84. The molecule has 4 heteroatoms. The molecule has 0 aromatic rings. The van der Waals surface area contributed by atoms with Crippen LogP contribution in [-0.2, 0) is 0 Å². The van der Waals surface area contributed by atoms with Gasteiger partial charge in [0.05, 0.1) is 0 Å². The molecular formula is C7H9N3O. The van der Waals surface area contributed by atoms with Crippen molar-refractivity contribution in [2.45, 2.75) is 6.92 Å². The second kappa shape index (κ2) is 2.97. The van der Waals surface area contributed by atoms with Crippen LogP contribution in [0.15, 0.2) is 11.4 Å². The molecule has 1 aliphatic rings. The van der Waals surface area contributed by atoms with E-state index in [0.29, 0.717) is 11.4 Å². The first-order valence-electron chi connectivity index (χ1n) is 3.19. The lowest BCUT2D eigenvalue weighted by Gasteiger charge is -2.12. The normalized spacial score (nSPS) is 16.3. The number of nitrogens with two attached hydrogens (primary N) is 1. The van der Waals surface area contributed by atoms with Gasteiger partial charge in [-0.15, -0.1) is 5.92 Å². The highest BCUT2D eigenvalue weighted by Gasteiger charge is 2.08. The Balaban J connectivity index is 2.95. The number of rotatable bonds is 0. The van der Waals surface area contributed by atoms with E-state index in [1.807, 2.05) is 0 Å². The van der Waals surface area contributed by atoms with Crippen LogP contribution in [0.4, 0.5) is 0 Å². The van der Waals surface area contributed by atoms with Gasteiger partial charge in [0.15, 0.2) is 6.21 Å². The van der Waals surface area contributed by atoms with Crippen LogP contribution in [0, 0.1) is 17.0 Å². The predicted molar refractivity (Wildman–Crippen MR) is 42.4 cm³/mol. The maximum Gasteiger partial charge on any atom is 0.227 e. The number of nitrogens with one attached hydrogen (secondary N) is 1. The van der Waals surface area contributed by atoms with Gasteiger partial charge < -0.3 is 16.3 Å². The molecule has 11 heavy (non-hydrogen) atoms. The summed E-state index contributed by atoms with van der Waals surface area (Å²) < 4.78 is 0.746. The summed E-state index contributed by atoms with van der Waals surface area (Å²) in [6.07, 6.45) is 1.38. The molecule has 0 fully saturated rings. The Morgan fingerprint density at radius 2 is 2.55 bits per heavy atom. The molecule has 0 aliphatic carbocycles. The number of hydroxylamine groups is 1. The molecule has 1 aliphatic heterocycles. The highest BCUT2D eigenvalue weighted by Crippen LogP contribution is 1.95. The van der Waals surface area contributed by atoms with Crippen molar-refractivity contribution in [1.82, 2.24) is 5.32 Å². The van der Waals surface area contributed by atoms with Crippen LogP contribution >= 0.6 is 0 Å². The molecule has 0 amide bonds. The minimum Gasteiger partial charge on any atom is -0.622 e. The van der Waals surface area contributed by atoms with Crippen molar-refractivity contribution in [3.63, 3.8) is 0 Å². The lowest BCUT2D eigenvalue weighted by atomic mass is 10.2. The Labute approximate surface area is 65.0 Å². The smallest absolute Gasteiger partial charge is 0.227 e. The maximum absolute atomic E-state index is 10.7. The SMILES string of the molecule is CC#CC1=C(N)NC[N+]([O-])=C1. The van der Waals surface area contributed by atoms with E-state index in [1.54, 1.807) is 6.92 Å². The molecule has 1 heterocycles. The maximum atomic E-state index is 10.7. The molecule has 0 saturated carbocycles. The van der Waals surface area contributed by atoms with Gasteiger partial charge in [0.25, 0.3) is 0 Å². The van der Waals surface area contributed by atoms with E-state index < -0.39 is 0 Å². The molecule has 0 aromatic heterocycles. The summed E-state index contributed by atoms with van der Waals surface area (Å²) in [7, 11) is 0. The number of allylic oxidation sites excluding steroid dienone is 1. The van der Waals surface area contributed by atoms with Crippen LogP contribution in [0.5, 0.6) is 0 Å². The summed E-state index contributed by atoms with van der Waals surface area (Å²) in [6.45, 7) is 1.89. The van der Waals surface area contributed by atoms with Gasteiger partial charge in [-0.05, 0) is 6.92 Å². The van der Waals surface area contributed by atoms with Gasteiger partial charge in [-0.3, -0.25) is 0 Å². The average molecular weight is 151 g/mol. The molecule has 1 rings (SSSR count). The molecule has 0 radical (unpaired) electrons. The third kappa shape index (κ3) is 1.64. The van der Waals surface area contributed by atoms with E-state index in [2.05, 4.69) is 17.2 Å². The van der Waals surface area contributed by atoms with Gasteiger partial charge in [0, 0.05) is 0 Å². The van der Waals surface area contributed by atoms with Crippen molar-refractivity contribution in [2.24, 2.45) is 5.73 Å². The van der Waals surface area contributed by atoms with Gasteiger partial charge in [-0.2, -0.15) is 4.74 Å². The fourth-order valence-corrected chi connectivity index (χ4v) is 0.752. The third-order valence-corrected chi connectivity index (χ3v) is 1.25. The molecule has 0 atom stereocenters. The minimum absolute atomic E-state index is 0.195. The predicted octanol–water partition coefficient (Wildman–Crippen LogP) is -0.678. The second-order valence-electron chi connectivity index (χ2n) is 2.08. The van der Waals surface area contributed by atoms with Crippen molar-refractivity contribution in [1.29, 1.82) is 0 Å². The summed E-state index contributed by atoms with van der Waals surface area (Å²) in [5, 5.41) is 13.4. The first-order valence-corrected chi connectivity index (χ1v) is 3.19. The standard InChI is InChI=1S/C7H9N3O/c1-2-3-6-4-10(11)5-9-7(6)8/h4,9H,5,8H2,1H3. The van der Waals surface area contributed by atoms with Crippen molar-refractivity contribution in [3.8, 4) is 11.8 Å². The zero-order valence-electron chi connectivity index (χ0n) is 6.22. The van der Waals surface area contributed by atoms with Crippen LogP contribution < -0.4 is 11.1 Å². The highest BCUT2D eigenvalue weighted by atomic mass is 16.5. The van der Waals surface area contributed by atoms with E-state index in [0.717, 1.165) is 4.74 Å². The highest BCUT2D eigenvalue weighted by molar-refractivity contribution is 5.82. The molecule has 0 aromatic carbocycles. The first-order chi connectivity index (χ1) is 5.24. The molecule has 58 valence electrons. The van der Waals surface area contributed by atoms with Crippen molar-refractivity contribution in [2.75, 3.05) is 6.67 Å². The third-order valence-electron chi connectivity index (χ3n) is 1.25. The van der Waals surface area contributed by atoms with Crippen molar-refractivity contribution >= 4 is 6.21 Å². The summed E-state index contributed by atoms with van der Waals surface area (Å²) in [6, 6.07) is 0. The Kier molecular flexibility index (Phi) is 2.02. The largest absolute Gasteiger partial charge is 0.622 e. The van der Waals surface area contributed by atoms with E-state index in [9.17, 15) is 5.21 Å². The zero-order chi connectivity index (χ0) is 8.27. The lowest BCUT2D eigenvalue weighted by Crippen LogP contribution is -2.33. The molecule has 0 saturated heterocycles. The fraction of sp³-hybridized carbons (Fsp3) is 0.286. The zero-order valence-corrected chi connectivity index (χ0v) is 6.22. The van der Waals surface area contributed by atoms with Crippen molar-refractivity contribution in [3.05, 3.63) is 16.6 Å². The van der Waals surface area contributed by atoms with Crippen LogP contribution in [0.3, 0.4) is 0 Å². The minimum atomic E-state index is 0.195. The van der Waals surface area contributed by atoms with Gasteiger partial charge in [-0.1, -0.05) is 5.92 Å². The second-order valence-corrected chi connectivity index (χ2v) is 2.08. The number of nitrogens with zero attached hydrogens (tertiary/aromatic N) is 1. The molecule has 0 unspecified atom stereocenters. The quantitative estimate of drug-likeness (QED) is 0.274. The Bertz CT molecular complexity index is 280. The molecular weight excluding hydrogens is 142 g/mol. The molecule has 4 nitrogen and oxygen atoms in total. The van der Waals surface area contributed by atoms with Crippen LogP contribution in [0.2, 0.25) is 0 Å². The topological polar surface area (TPSA) is 64.1 Å². The van der Waals surface area contributed by atoms with Gasteiger partial charge in [0.1, 0.15) is 11.4 Å². The summed E-state index contributed by atoms with van der Waals surface area (Å²) in [4.78, 5) is 0. The molecule has 3 N–H and O–H groups in total. The average Bonchev–Trinajstić information content (AvgIpc) is 1.98. The number of hydrogen-bond donors (Lipinski definition) is 2. The lowest BCUT2D eigenvalue weighted by molar-refractivity contribution is -0.458. The van der Waals surface area contributed by atoms with E-state index in [1.165, 1.54) is 6.21 Å². The fourth-order valence-electron chi connectivity index (χ4n) is 0.752. The van der Waals surface area contributed by atoms with Crippen molar-refractivity contribution < 1.29 is 4.74 Å².